The molecule has 2 amide bonds. The number of carboxylic acid groups (broad SMARTS) is 1. The molecular weight excluding hydrogens is 258 g/mol. The van der Waals surface area contributed by atoms with Crippen LogP contribution in [-0.2, 0) is 4.79 Å². The molecule has 6 heteroatoms. The van der Waals surface area contributed by atoms with Crippen molar-refractivity contribution in [3.63, 3.8) is 0 Å². The second kappa shape index (κ2) is 6.43. The van der Waals surface area contributed by atoms with Crippen molar-refractivity contribution in [2.45, 2.75) is 31.7 Å². The number of nitrogens with zero attached hydrogens (tertiary/aromatic N) is 3. The maximum atomic E-state index is 12.5. The largest absolute Gasteiger partial charge is 0.481 e. The molecule has 0 radical (unpaired) electrons. The molecule has 1 N–H and O–H groups in total. The van der Waals surface area contributed by atoms with Crippen LogP contribution in [0.2, 0.25) is 0 Å². The summed E-state index contributed by atoms with van der Waals surface area (Å²) in [5, 5.41) is 8.91. The van der Waals surface area contributed by atoms with E-state index in [0.29, 0.717) is 12.5 Å². The zero-order valence-corrected chi connectivity index (χ0v) is 12.4. The lowest BCUT2D eigenvalue weighted by atomic mass is 10.1. The minimum absolute atomic E-state index is 0.0108. The minimum Gasteiger partial charge on any atom is -0.481 e. The average molecular weight is 283 g/mol. The van der Waals surface area contributed by atoms with E-state index in [1.807, 2.05) is 7.05 Å². The normalized spacial score (nSPS) is 27.0. The van der Waals surface area contributed by atoms with Gasteiger partial charge in [-0.2, -0.15) is 0 Å². The molecule has 0 aromatic heterocycles. The molecule has 2 fully saturated rings. The second-order valence-corrected chi connectivity index (χ2v) is 6.17. The van der Waals surface area contributed by atoms with Gasteiger partial charge in [-0.05, 0) is 38.8 Å². The van der Waals surface area contributed by atoms with Gasteiger partial charge in [-0.25, -0.2) is 4.79 Å². The molecule has 0 spiro atoms. The smallest absolute Gasteiger partial charge is 0.320 e. The van der Waals surface area contributed by atoms with E-state index in [1.54, 1.807) is 9.80 Å². The van der Waals surface area contributed by atoms with Crippen LogP contribution in [0.3, 0.4) is 0 Å². The third-order valence-corrected chi connectivity index (χ3v) is 4.38. The summed E-state index contributed by atoms with van der Waals surface area (Å²) < 4.78 is 0. The Bertz CT molecular complexity index is 375. The standard InChI is InChI=1S/C14H25N3O3/c1-15-7-5-11(9-15)10-16(2)14(20)17-6-3-4-12(17)8-13(18)19/h11-12H,3-10H2,1-2H3,(H,18,19). The summed E-state index contributed by atoms with van der Waals surface area (Å²) in [6.07, 6.45) is 2.90. The van der Waals surface area contributed by atoms with Gasteiger partial charge in [0.2, 0.25) is 0 Å². The van der Waals surface area contributed by atoms with Crippen molar-refractivity contribution in [1.29, 1.82) is 0 Å². The Morgan fingerprint density at radius 1 is 1.30 bits per heavy atom. The van der Waals surface area contributed by atoms with Gasteiger partial charge >= 0.3 is 12.0 Å². The number of carboxylic acids is 1. The SMILES string of the molecule is CN1CCC(CN(C)C(=O)N2CCCC2CC(=O)O)C1. The molecule has 2 unspecified atom stereocenters. The monoisotopic (exact) mass is 283 g/mol. The van der Waals surface area contributed by atoms with Gasteiger partial charge in [-0.15, -0.1) is 0 Å². The molecule has 0 aromatic carbocycles. The summed E-state index contributed by atoms with van der Waals surface area (Å²) in [7, 11) is 3.93. The first-order chi connectivity index (χ1) is 9.47. The van der Waals surface area contributed by atoms with Crippen LogP contribution in [0.25, 0.3) is 0 Å². The number of hydrogen-bond donors (Lipinski definition) is 1. The van der Waals surface area contributed by atoms with Gasteiger partial charge in [0.1, 0.15) is 0 Å². The Balaban J connectivity index is 1.87. The fraction of sp³-hybridized carbons (Fsp3) is 0.857. The lowest BCUT2D eigenvalue weighted by molar-refractivity contribution is -0.138. The predicted octanol–water partition coefficient (Wildman–Crippen LogP) is 0.929. The van der Waals surface area contributed by atoms with Gasteiger partial charge in [0.15, 0.2) is 0 Å². The van der Waals surface area contributed by atoms with E-state index in [9.17, 15) is 9.59 Å². The molecule has 0 bridgehead atoms. The number of amides is 2. The molecule has 2 atom stereocenters. The third kappa shape index (κ3) is 3.62. The van der Waals surface area contributed by atoms with E-state index in [-0.39, 0.29) is 18.5 Å². The first-order valence-corrected chi connectivity index (χ1v) is 7.39. The predicted molar refractivity (Wildman–Crippen MR) is 75.6 cm³/mol. The summed E-state index contributed by atoms with van der Waals surface area (Å²) in [5.41, 5.74) is 0. The summed E-state index contributed by atoms with van der Waals surface area (Å²) in [6, 6.07) is -0.142. The number of aliphatic carboxylic acids is 1. The first-order valence-electron chi connectivity index (χ1n) is 7.39. The van der Waals surface area contributed by atoms with Crippen molar-refractivity contribution in [2.75, 3.05) is 40.3 Å². The van der Waals surface area contributed by atoms with Crippen molar-refractivity contribution in [3.8, 4) is 0 Å². The molecule has 0 aliphatic carbocycles. The molecule has 2 heterocycles. The number of likely N-dealkylation sites (tertiary alicyclic amines) is 2. The highest BCUT2D eigenvalue weighted by Crippen LogP contribution is 2.22. The van der Waals surface area contributed by atoms with Gasteiger partial charge in [-0.1, -0.05) is 0 Å². The number of carbonyl (C=O) groups excluding carboxylic acids is 1. The number of urea groups is 1. The highest BCUT2D eigenvalue weighted by molar-refractivity contribution is 5.76. The molecule has 2 saturated heterocycles. The van der Waals surface area contributed by atoms with Crippen molar-refractivity contribution in [3.05, 3.63) is 0 Å². The Hall–Kier alpha value is -1.30. The Labute approximate surface area is 120 Å². The molecule has 0 saturated carbocycles. The van der Waals surface area contributed by atoms with Gasteiger partial charge in [0, 0.05) is 32.7 Å². The quantitative estimate of drug-likeness (QED) is 0.833. The fourth-order valence-corrected chi connectivity index (χ4v) is 3.36. The van der Waals surface area contributed by atoms with Crippen LogP contribution < -0.4 is 0 Å². The molecule has 2 aliphatic heterocycles. The molecule has 6 nitrogen and oxygen atoms in total. The Morgan fingerprint density at radius 2 is 2.05 bits per heavy atom. The number of hydrogen-bond acceptors (Lipinski definition) is 3. The number of carbonyl (C=O) groups is 2. The first kappa shape index (κ1) is 15.1. The van der Waals surface area contributed by atoms with E-state index < -0.39 is 5.97 Å². The van der Waals surface area contributed by atoms with Crippen LogP contribution in [0.5, 0.6) is 0 Å². The topological polar surface area (TPSA) is 64.1 Å². The summed E-state index contributed by atoms with van der Waals surface area (Å²) in [4.78, 5) is 29.1. The van der Waals surface area contributed by atoms with Crippen molar-refractivity contribution < 1.29 is 14.7 Å². The van der Waals surface area contributed by atoms with Crippen LogP contribution in [0, 0.1) is 5.92 Å². The van der Waals surface area contributed by atoms with E-state index in [2.05, 4.69) is 11.9 Å². The fourth-order valence-electron chi connectivity index (χ4n) is 3.36. The summed E-state index contributed by atoms with van der Waals surface area (Å²) in [6.45, 7) is 3.58. The lowest BCUT2D eigenvalue weighted by Gasteiger charge is -2.30. The molecule has 2 aliphatic rings. The molecule has 0 aromatic rings. The van der Waals surface area contributed by atoms with E-state index in [0.717, 1.165) is 38.9 Å². The molecule has 2 rings (SSSR count). The second-order valence-electron chi connectivity index (χ2n) is 6.17. The van der Waals surface area contributed by atoms with Crippen LogP contribution in [-0.4, -0.2) is 78.1 Å². The van der Waals surface area contributed by atoms with Crippen molar-refractivity contribution in [1.82, 2.24) is 14.7 Å². The average Bonchev–Trinajstić information content (AvgIpc) is 2.97. The van der Waals surface area contributed by atoms with Crippen LogP contribution in [0.15, 0.2) is 0 Å². The molecular formula is C14H25N3O3. The summed E-state index contributed by atoms with van der Waals surface area (Å²) >= 11 is 0. The van der Waals surface area contributed by atoms with Gasteiger partial charge in [-0.3, -0.25) is 4.79 Å². The highest BCUT2D eigenvalue weighted by Gasteiger charge is 2.33. The van der Waals surface area contributed by atoms with Gasteiger partial charge in [0.25, 0.3) is 0 Å². The lowest BCUT2D eigenvalue weighted by Crippen LogP contribution is -2.46. The minimum atomic E-state index is -0.824. The van der Waals surface area contributed by atoms with E-state index >= 15 is 0 Å². The maximum Gasteiger partial charge on any atom is 0.320 e. The van der Waals surface area contributed by atoms with Crippen molar-refractivity contribution >= 4 is 12.0 Å². The highest BCUT2D eigenvalue weighted by atomic mass is 16.4. The van der Waals surface area contributed by atoms with Crippen molar-refractivity contribution in [2.24, 2.45) is 5.92 Å². The zero-order valence-electron chi connectivity index (χ0n) is 12.4. The van der Waals surface area contributed by atoms with Crippen LogP contribution in [0.4, 0.5) is 4.79 Å². The van der Waals surface area contributed by atoms with Crippen LogP contribution >= 0.6 is 0 Å². The van der Waals surface area contributed by atoms with E-state index in [1.165, 1.54) is 0 Å². The Morgan fingerprint density at radius 3 is 2.65 bits per heavy atom. The number of rotatable bonds is 4. The third-order valence-electron chi connectivity index (χ3n) is 4.38. The van der Waals surface area contributed by atoms with Gasteiger partial charge in [0.05, 0.1) is 6.42 Å². The van der Waals surface area contributed by atoms with E-state index in [4.69, 9.17) is 5.11 Å². The zero-order chi connectivity index (χ0) is 14.7. The Kier molecular flexibility index (Phi) is 4.86. The van der Waals surface area contributed by atoms with Gasteiger partial charge < -0.3 is 19.8 Å². The molecule has 20 heavy (non-hydrogen) atoms. The molecule has 114 valence electrons. The van der Waals surface area contributed by atoms with Crippen LogP contribution in [0.1, 0.15) is 25.7 Å². The summed E-state index contributed by atoms with van der Waals surface area (Å²) in [5.74, 6) is -0.288. The maximum absolute atomic E-state index is 12.5.